The van der Waals surface area contributed by atoms with E-state index < -0.39 is 0 Å². The number of methoxy groups -OCH3 is 1. The molecule has 29 heavy (non-hydrogen) atoms. The van der Waals surface area contributed by atoms with Crippen LogP contribution < -0.4 is 14.2 Å². The molecule has 0 unspecified atom stereocenters. The van der Waals surface area contributed by atoms with E-state index in [2.05, 4.69) is 21.1 Å². The number of rotatable bonds is 10. The third-order valence-corrected chi connectivity index (χ3v) is 4.89. The maximum atomic E-state index is 6.10. The van der Waals surface area contributed by atoms with Crippen molar-refractivity contribution in [2.24, 2.45) is 0 Å². The average molecular weight is 460 g/mol. The lowest BCUT2D eigenvalue weighted by Crippen LogP contribution is -2.06. The van der Waals surface area contributed by atoms with Crippen molar-refractivity contribution >= 4 is 15.9 Å². The summed E-state index contributed by atoms with van der Waals surface area (Å²) in [6, 6.07) is 13.6. The van der Waals surface area contributed by atoms with Gasteiger partial charge in [0.1, 0.15) is 17.2 Å². The second-order valence-electron chi connectivity index (χ2n) is 6.87. The van der Waals surface area contributed by atoms with E-state index in [1.807, 2.05) is 56.3 Å². The second kappa shape index (κ2) is 10.3. The molecule has 0 fully saturated rings. The molecule has 0 aliphatic heterocycles. The van der Waals surface area contributed by atoms with Crippen LogP contribution in [0.2, 0.25) is 0 Å². The molecule has 0 atom stereocenters. The Labute approximate surface area is 180 Å². The van der Waals surface area contributed by atoms with Gasteiger partial charge in [-0.05, 0) is 56.5 Å². The monoisotopic (exact) mass is 459 g/mol. The van der Waals surface area contributed by atoms with Crippen LogP contribution in [-0.2, 0) is 0 Å². The minimum atomic E-state index is 0.0854. The number of nitrogens with zero attached hydrogens (tertiary/aromatic N) is 1. The molecular weight excluding hydrogens is 434 g/mol. The molecule has 3 rings (SSSR count). The van der Waals surface area contributed by atoms with Gasteiger partial charge < -0.3 is 18.7 Å². The number of unbranched alkanes of at least 4 members (excludes halogenated alkanes) is 1. The predicted octanol–water partition coefficient (Wildman–Crippen LogP) is 6.36. The number of halogens is 1. The molecule has 0 saturated heterocycles. The van der Waals surface area contributed by atoms with Crippen LogP contribution in [0.4, 0.5) is 0 Å². The van der Waals surface area contributed by atoms with Crippen molar-refractivity contribution in [3.05, 3.63) is 48.7 Å². The Morgan fingerprint density at radius 1 is 1.00 bits per heavy atom. The second-order valence-corrected chi connectivity index (χ2v) is 7.66. The molecule has 0 radical (unpaired) electrons. The summed E-state index contributed by atoms with van der Waals surface area (Å²) in [5.74, 6) is 2.97. The molecule has 0 aliphatic carbocycles. The van der Waals surface area contributed by atoms with E-state index in [1.54, 1.807) is 13.3 Å². The minimum absolute atomic E-state index is 0.0854. The normalized spacial score (nSPS) is 10.9. The van der Waals surface area contributed by atoms with Crippen LogP contribution in [0.1, 0.15) is 26.7 Å². The first-order valence-corrected chi connectivity index (χ1v) is 10.8. The van der Waals surface area contributed by atoms with E-state index in [4.69, 9.17) is 18.7 Å². The number of ether oxygens (including phenoxy) is 3. The molecule has 0 bridgehead atoms. The summed E-state index contributed by atoms with van der Waals surface area (Å²) in [5, 5.41) is 5.00. The molecule has 0 saturated carbocycles. The molecule has 5 nitrogen and oxygen atoms in total. The molecule has 3 aromatic rings. The smallest absolute Gasteiger partial charge is 0.178 e. The van der Waals surface area contributed by atoms with E-state index >= 15 is 0 Å². The minimum Gasteiger partial charge on any atom is -0.497 e. The van der Waals surface area contributed by atoms with E-state index in [9.17, 15) is 0 Å². The Kier molecular flexibility index (Phi) is 7.58. The van der Waals surface area contributed by atoms with Gasteiger partial charge in [-0.15, -0.1) is 0 Å². The maximum Gasteiger partial charge on any atom is 0.178 e. The Morgan fingerprint density at radius 3 is 2.45 bits per heavy atom. The van der Waals surface area contributed by atoms with Crippen LogP contribution in [0.3, 0.4) is 0 Å². The summed E-state index contributed by atoms with van der Waals surface area (Å²) < 4.78 is 22.8. The molecule has 6 heteroatoms. The standard InChI is InChI=1S/C23H26BrNO4/c1-16(2)28-19-10-11-20(22(14-19)27-13-5-4-12-24)23-21(15-25-29-23)17-6-8-18(26-3)9-7-17/h6-11,14-16H,4-5,12-13H2,1-3H3. The van der Waals surface area contributed by atoms with Crippen LogP contribution in [-0.4, -0.2) is 30.3 Å². The highest BCUT2D eigenvalue weighted by atomic mass is 79.9. The molecule has 0 amide bonds. The molecule has 2 aromatic carbocycles. The number of aromatic nitrogens is 1. The summed E-state index contributed by atoms with van der Waals surface area (Å²) >= 11 is 3.46. The van der Waals surface area contributed by atoms with Crippen LogP contribution >= 0.6 is 15.9 Å². The van der Waals surface area contributed by atoms with Crippen molar-refractivity contribution < 1.29 is 18.7 Å². The van der Waals surface area contributed by atoms with Gasteiger partial charge in [0.25, 0.3) is 0 Å². The fraction of sp³-hybridized carbons (Fsp3) is 0.348. The van der Waals surface area contributed by atoms with Crippen molar-refractivity contribution in [1.29, 1.82) is 0 Å². The molecule has 0 spiro atoms. The van der Waals surface area contributed by atoms with Crippen LogP contribution in [0.25, 0.3) is 22.5 Å². The van der Waals surface area contributed by atoms with E-state index in [0.29, 0.717) is 12.4 Å². The summed E-state index contributed by atoms with van der Waals surface area (Å²) in [4.78, 5) is 0. The fourth-order valence-corrected chi connectivity index (χ4v) is 3.34. The molecule has 1 heterocycles. The lowest BCUT2D eigenvalue weighted by atomic mass is 10.0. The zero-order valence-corrected chi connectivity index (χ0v) is 18.6. The first kappa shape index (κ1) is 21.2. The van der Waals surface area contributed by atoms with E-state index in [0.717, 1.165) is 52.1 Å². The number of hydrogen-bond acceptors (Lipinski definition) is 5. The first-order chi connectivity index (χ1) is 14.1. The molecule has 1 aromatic heterocycles. The van der Waals surface area contributed by atoms with Gasteiger partial charge in [0.2, 0.25) is 0 Å². The maximum absolute atomic E-state index is 6.10. The molecule has 154 valence electrons. The lowest BCUT2D eigenvalue weighted by Gasteiger charge is -2.15. The highest BCUT2D eigenvalue weighted by Crippen LogP contribution is 2.39. The third-order valence-electron chi connectivity index (χ3n) is 4.33. The van der Waals surface area contributed by atoms with Gasteiger partial charge in [0.15, 0.2) is 5.76 Å². The van der Waals surface area contributed by atoms with Gasteiger partial charge in [0, 0.05) is 17.0 Å². The Hall–Kier alpha value is -2.47. The summed E-state index contributed by atoms with van der Waals surface area (Å²) in [6.07, 6.45) is 3.82. The average Bonchev–Trinajstić information content (AvgIpc) is 3.20. The summed E-state index contributed by atoms with van der Waals surface area (Å²) in [6.45, 7) is 4.63. The van der Waals surface area contributed by atoms with Gasteiger partial charge in [-0.1, -0.05) is 33.2 Å². The Balaban J connectivity index is 1.95. The largest absolute Gasteiger partial charge is 0.497 e. The Morgan fingerprint density at radius 2 is 1.76 bits per heavy atom. The van der Waals surface area contributed by atoms with Crippen molar-refractivity contribution in [2.45, 2.75) is 32.8 Å². The molecule has 0 aliphatic rings. The van der Waals surface area contributed by atoms with Crippen molar-refractivity contribution in [1.82, 2.24) is 5.16 Å². The van der Waals surface area contributed by atoms with Gasteiger partial charge in [-0.3, -0.25) is 0 Å². The van der Waals surface area contributed by atoms with Gasteiger partial charge in [-0.25, -0.2) is 0 Å². The first-order valence-electron chi connectivity index (χ1n) is 9.71. The summed E-state index contributed by atoms with van der Waals surface area (Å²) in [7, 11) is 1.65. The topological polar surface area (TPSA) is 53.7 Å². The third kappa shape index (κ3) is 5.54. The van der Waals surface area contributed by atoms with Crippen molar-refractivity contribution in [3.8, 4) is 39.7 Å². The van der Waals surface area contributed by atoms with Crippen molar-refractivity contribution in [3.63, 3.8) is 0 Å². The van der Waals surface area contributed by atoms with E-state index in [-0.39, 0.29) is 6.10 Å². The quantitative estimate of drug-likeness (QED) is 0.260. The van der Waals surface area contributed by atoms with Gasteiger partial charge in [0.05, 0.1) is 31.6 Å². The molecular formula is C23H26BrNO4. The number of hydrogen-bond donors (Lipinski definition) is 0. The van der Waals surface area contributed by atoms with E-state index in [1.165, 1.54) is 0 Å². The van der Waals surface area contributed by atoms with Gasteiger partial charge in [-0.2, -0.15) is 0 Å². The highest BCUT2D eigenvalue weighted by molar-refractivity contribution is 9.09. The number of benzene rings is 2. The fourth-order valence-electron chi connectivity index (χ4n) is 2.94. The lowest BCUT2D eigenvalue weighted by molar-refractivity contribution is 0.240. The molecule has 0 N–H and O–H groups in total. The number of alkyl halides is 1. The van der Waals surface area contributed by atoms with Crippen LogP contribution in [0.5, 0.6) is 17.2 Å². The summed E-state index contributed by atoms with van der Waals surface area (Å²) in [5.41, 5.74) is 2.74. The Bertz CT molecular complexity index is 905. The highest BCUT2D eigenvalue weighted by Gasteiger charge is 2.18. The van der Waals surface area contributed by atoms with Crippen LogP contribution in [0, 0.1) is 0 Å². The zero-order chi connectivity index (χ0) is 20.6. The van der Waals surface area contributed by atoms with Crippen molar-refractivity contribution in [2.75, 3.05) is 19.0 Å². The SMILES string of the molecule is COc1ccc(-c2cnoc2-c2ccc(OC(C)C)cc2OCCCCBr)cc1. The predicted molar refractivity (Wildman–Crippen MR) is 118 cm³/mol. The van der Waals surface area contributed by atoms with Crippen LogP contribution in [0.15, 0.2) is 53.2 Å². The zero-order valence-electron chi connectivity index (χ0n) is 17.0. The van der Waals surface area contributed by atoms with Gasteiger partial charge >= 0.3 is 0 Å².